The molecule has 3 atom stereocenters. The van der Waals surface area contributed by atoms with Crippen LogP contribution in [-0.2, 0) is 28.5 Å². The fourth-order valence-corrected chi connectivity index (χ4v) is 1.68. The molecule has 1 heterocycles. The first kappa shape index (κ1) is 16.7. The highest BCUT2D eigenvalue weighted by atomic mass is 16.7. The van der Waals surface area contributed by atoms with Crippen LogP contribution in [0.1, 0.15) is 34.6 Å². The van der Waals surface area contributed by atoms with Gasteiger partial charge in [-0.05, 0) is 32.9 Å². The number of rotatable bonds is 4. The van der Waals surface area contributed by atoms with E-state index in [0.29, 0.717) is 0 Å². The molecule has 0 radical (unpaired) electrons. The molecule has 6 heteroatoms. The lowest BCUT2D eigenvalue weighted by Crippen LogP contribution is -2.43. The maximum Gasteiger partial charge on any atom is 0.303 e. The van der Waals surface area contributed by atoms with Crippen LogP contribution in [0.25, 0.3) is 0 Å². The predicted molar refractivity (Wildman–Crippen MR) is 70.8 cm³/mol. The second-order valence-electron chi connectivity index (χ2n) is 5.53. The summed E-state index contributed by atoms with van der Waals surface area (Å²) in [4.78, 5) is 21.9. The van der Waals surface area contributed by atoms with Crippen molar-refractivity contribution in [3.63, 3.8) is 0 Å². The van der Waals surface area contributed by atoms with Crippen LogP contribution in [0.15, 0.2) is 12.2 Å². The van der Waals surface area contributed by atoms with Crippen molar-refractivity contribution in [1.82, 2.24) is 0 Å². The molecule has 1 unspecified atom stereocenters. The van der Waals surface area contributed by atoms with Crippen LogP contribution >= 0.6 is 0 Å². The molecule has 1 aliphatic heterocycles. The Morgan fingerprint density at radius 2 is 1.80 bits per heavy atom. The summed E-state index contributed by atoms with van der Waals surface area (Å²) >= 11 is 0. The Hall–Kier alpha value is -1.40. The topological polar surface area (TPSA) is 71.1 Å². The number of esters is 2. The van der Waals surface area contributed by atoms with Gasteiger partial charge in [0.05, 0.1) is 5.60 Å². The number of hydrogen-bond donors (Lipinski definition) is 0. The largest absolute Gasteiger partial charge is 0.463 e. The molecule has 0 aliphatic carbocycles. The van der Waals surface area contributed by atoms with Crippen LogP contribution in [0.4, 0.5) is 0 Å². The molecule has 0 fully saturated rings. The zero-order chi connectivity index (χ0) is 15.3. The van der Waals surface area contributed by atoms with Crippen molar-refractivity contribution in [3.05, 3.63) is 12.2 Å². The van der Waals surface area contributed by atoms with E-state index in [-0.39, 0.29) is 12.2 Å². The first-order valence-corrected chi connectivity index (χ1v) is 6.49. The van der Waals surface area contributed by atoms with Crippen molar-refractivity contribution >= 4 is 11.9 Å². The Morgan fingerprint density at radius 1 is 1.15 bits per heavy atom. The lowest BCUT2D eigenvalue weighted by molar-refractivity contribution is -0.223. The normalized spacial score (nSPS) is 26.1. The second-order valence-corrected chi connectivity index (χ2v) is 5.53. The maximum absolute atomic E-state index is 11.1. The Bertz CT molecular complexity index is 382. The van der Waals surface area contributed by atoms with E-state index in [4.69, 9.17) is 18.9 Å². The van der Waals surface area contributed by atoms with Gasteiger partial charge in [-0.15, -0.1) is 0 Å². The zero-order valence-corrected chi connectivity index (χ0v) is 12.5. The summed E-state index contributed by atoms with van der Waals surface area (Å²) < 4.78 is 21.4. The monoisotopic (exact) mass is 286 g/mol. The number of carbonyl (C=O) groups is 2. The fraction of sp³-hybridized carbons (Fsp3) is 0.714. The second kappa shape index (κ2) is 6.85. The van der Waals surface area contributed by atoms with Crippen molar-refractivity contribution < 1.29 is 28.5 Å². The van der Waals surface area contributed by atoms with Crippen molar-refractivity contribution in [2.45, 2.75) is 58.7 Å². The van der Waals surface area contributed by atoms with Gasteiger partial charge in [-0.3, -0.25) is 9.59 Å². The Balaban J connectivity index is 2.71. The molecule has 0 aromatic rings. The highest BCUT2D eigenvalue weighted by molar-refractivity contribution is 5.66. The third-order valence-electron chi connectivity index (χ3n) is 2.36. The molecule has 0 aromatic heterocycles. The number of carbonyl (C=O) groups excluding carboxylic acids is 2. The van der Waals surface area contributed by atoms with E-state index < -0.39 is 30.4 Å². The summed E-state index contributed by atoms with van der Waals surface area (Å²) in [7, 11) is 0. The molecule has 6 nitrogen and oxygen atoms in total. The smallest absolute Gasteiger partial charge is 0.303 e. The molecule has 0 bridgehead atoms. The zero-order valence-electron chi connectivity index (χ0n) is 12.5. The highest BCUT2D eigenvalue weighted by Gasteiger charge is 2.32. The quantitative estimate of drug-likeness (QED) is 0.577. The molecule has 0 N–H and O–H groups in total. The van der Waals surface area contributed by atoms with Gasteiger partial charge in [0.25, 0.3) is 0 Å². The van der Waals surface area contributed by atoms with Crippen LogP contribution in [0, 0.1) is 0 Å². The van der Waals surface area contributed by atoms with Gasteiger partial charge >= 0.3 is 11.9 Å². The van der Waals surface area contributed by atoms with Crippen LogP contribution < -0.4 is 0 Å². The van der Waals surface area contributed by atoms with Gasteiger partial charge in [0.2, 0.25) is 0 Å². The predicted octanol–water partition coefficient (Wildman–Crippen LogP) is 1.58. The average Bonchev–Trinajstić information content (AvgIpc) is 2.26. The third kappa shape index (κ3) is 6.16. The van der Waals surface area contributed by atoms with E-state index in [9.17, 15) is 9.59 Å². The molecule has 0 saturated heterocycles. The molecular formula is C14H22O6. The van der Waals surface area contributed by atoms with E-state index in [2.05, 4.69) is 0 Å². The van der Waals surface area contributed by atoms with Gasteiger partial charge in [-0.1, -0.05) is 0 Å². The van der Waals surface area contributed by atoms with Gasteiger partial charge in [-0.2, -0.15) is 0 Å². The molecule has 114 valence electrons. The lowest BCUT2D eigenvalue weighted by Gasteiger charge is -2.34. The van der Waals surface area contributed by atoms with Gasteiger partial charge in [0.15, 0.2) is 6.29 Å². The van der Waals surface area contributed by atoms with E-state index >= 15 is 0 Å². The fourth-order valence-electron chi connectivity index (χ4n) is 1.68. The summed E-state index contributed by atoms with van der Waals surface area (Å²) in [6.07, 6.45) is 1.63. The van der Waals surface area contributed by atoms with Crippen LogP contribution in [0.5, 0.6) is 0 Å². The van der Waals surface area contributed by atoms with Gasteiger partial charge in [0, 0.05) is 13.8 Å². The van der Waals surface area contributed by atoms with Gasteiger partial charge < -0.3 is 18.9 Å². The summed E-state index contributed by atoms with van der Waals surface area (Å²) in [5.41, 5.74) is -0.380. The maximum atomic E-state index is 11.1. The summed E-state index contributed by atoms with van der Waals surface area (Å²) in [6, 6.07) is 0. The SMILES string of the molecule is CC(=O)OCC1O[C@H](OC(C)(C)C)C=C[C@@H]1OC(C)=O. The summed E-state index contributed by atoms with van der Waals surface area (Å²) in [6.45, 7) is 8.34. The Labute approximate surface area is 119 Å². The van der Waals surface area contributed by atoms with E-state index in [1.165, 1.54) is 13.8 Å². The minimum Gasteiger partial charge on any atom is -0.463 e. The molecule has 0 amide bonds. The third-order valence-corrected chi connectivity index (χ3v) is 2.36. The number of ether oxygens (including phenoxy) is 4. The molecule has 1 aliphatic rings. The van der Waals surface area contributed by atoms with E-state index in [1.807, 2.05) is 20.8 Å². The van der Waals surface area contributed by atoms with Crippen LogP contribution in [-0.4, -0.2) is 42.6 Å². The minimum absolute atomic E-state index is 0.00161. The highest BCUT2D eigenvalue weighted by Crippen LogP contribution is 2.21. The lowest BCUT2D eigenvalue weighted by atomic mass is 10.1. The summed E-state index contributed by atoms with van der Waals surface area (Å²) in [5.74, 6) is -0.843. The van der Waals surface area contributed by atoms with Gasteiger partial charge in [-0.25, -0.2) is 0 Å². The summed E-state index contributed by atoms with van der Waals surface area (Å²) in [5, 5.41) is 0. The van der Waals surface area contributed by atoms with E-state index in [0.717, 1.165) is 0 Å². The molecule has 1 rings (SSSR count). The van der Waals surface area contributed by atoms with Crippen molar-refractivity contribution in [2.75, 3.05) is 6.61 Å². The number of hydrogen-bond acceptors (Lipinski definition) is 6. The van der Waals surface area contributed by atoms with E-state index in [1.54, 1.807) is 12.2 Å². The standard InChI is InChI=1S/C14H22O6/c1-9(15)17-8-12-11(18-10(2)16)6-7-13(19-12)20-14(3,4)5/h6-7,11-13H,8H2,1-5H3/t11-,12?,13+/m0/s1. The molecular weight excluding hydrogens is 264 g/mol. The van der Waals surface area contributed by atoms with Crippen molar-refractivity contribution in [3.8, 4) is 0 Å². The van der Waals surface area contributed by atoms with Crippen molar-refractivity contribution in [1.29, 1.82) is 0 Å². The minimum atomic E-state index is -0.591. The Morgan fingerprint density at radius 3 is 2.30 bits per heavy atom. The van der Waals surface area contributed by atoms with Crippen LogP contribution in [0.2, 0.25) is 0 Å². The van der Waals surface area contributed by atoms with Crippen LogP contribution in [0.3, 0.4) is 0 Å². The molecule has 0 saturated carbocycles. The Kier molecular flexibility index (Phi) is 5.71. The molecule has 0 spiro atoms. The first-order valence-electron chi connectivity index (χ1n) is 6.49. The van der Waals surface area contributed by atoms with Gasteiger partial charge in [0.1, 0.15) is 18.8 Å². The first-order chi connectivity index (χ1) is 9.17. The van der Waals surface area contributed by atoms with Crippen molar-refractivity contribution in [2.24, 2.45) is 0 Å². The molecule has 20 heavy (non-hydrogen) atoms. The molecule has 0 aromatic carbocycles. The average molecular weight is 286 g/mol.